The number of methoxy groups -OCH3 is 1. The highest BCUT2D eigenvalue weighted by molar-refractivity contribution is 7.89. The van der Waals surface area contributed by atoms with E-state index in [0.717, 1.165) is 33.3 Å². The number of ether oxygens (including phenoxy) is 1. The number of aliphatic hydroxyl groups excluding tert-OH is 1. The molecular weight excluding hydrogens is 557 g/mol. The predicted molar refractivity (Wildman–Crippen MR) is 143 cm³/mol. The van der Waals surface area contributed by atoms with Gasteiger partial charge in [-0.15, -0.1) is 0 Å². The molecule has 1 aliphatic carbocycles. The molecule has 2 aliphatic rings. The Balaban J connectivity index is 1.46. The van der Waals surface area contributed by atoms with Crippen LogP contribution in [0.4, 0.5) is 13.2 Å². The number of sulfonamides is 1. The Morgan fingerprint density at radius 1 is 1.02 bits per heavy atom. The molecule has 2 aromatic carbocycles. The number of fused-ring (bicyclic) bond motifs is 2. The van der Waals surface area contributed by atoms with Gasteiger partial charge in [-0.05, 0) is 66.9 Å². The van der Waals surface area contributed by atoms with E-state index in [-0.39, 0.29) is 37.4 Å². The summed E-state index contributed by atoms with van der Waals surface area (Å²) in [5, 5.41) is 16.4. The van der Waals surface area contributed by atoms with Crippen LogP contribution in [0, 0.1) is 22.9 Å². The number of benzene rings is 2. The fourth-order valence-corrected chi connectivity index (χ4v) is 7.28. The molecule has 0 radical (unpaired) electrons. The average Bonchev–Trinajstić information content (AvgIpc) is 3.37. The van der Waals surface area contributed by atoms with Crippen LogP contribution < -0.4 is 4.74 Å². The van der Waals surface area contributed by atoms with Crippen LogP contribution in [-0.2, 0) is 16.4 Å². The topological polar surface area (TPSA) is 97.6 Å². The van der Waals surface area contributed by atoms with E-state index in [2.05, 4.69) is 10.1 Å². The molecule has 1 N–H and O–H groups in total. The van der Waals surface area contributed by atoms with Crippen molar-refractivity contribution in [3.63, 3.8) is 0 Å². The van der Waals surface area contributed by atoms with Crippen LogP contribution in [0.15, 0.2) is 77.5 Å². The van der Waals surface area contributed by atoms with Crippen LogP contribution in [0.1, 0.15) is 29.5 Å². The maximum Gasteiger partial charge on any atom is 0.243 e. The van der Waals surface area contributed by atoms with E-state index in [4.69, 9.17) is 4.74 Å². The van der Waals surface area contributed by atoms with Gasteiger partial charge in [0.25, 0.3) is 0 Å². The number of halogens is 3. The summed E-state index contributed by atoms with van der Waals surface area (Å²) in [6.07, 6.45) is 4.16. The number of pyridine rings is 1. The van der Waals surface area contributed by atoms with Gasteiger partial charge in [0, 0.05) is 36.8 Å². The van der Waals surface area contributed by atoms with Gasteiger partial charge in [-0.3, -0.25) is 4.98 Å². The van der Waals surface area contributed by atoms with Crippen molar-refractivity contribution in [3.05, 3.63) is 107 Å². The minimum absolute atomic E-state index is 0.0202. The Morgan fingerprint density at radius 3 is 2.46 bits per heavy atom. The Morgan fingerprint density at radius 2 is 1.76 bits per heavy atom. The van der Waals surface area contributed by atoms with Crippen molar-refractivity contribution in [1.29, 1.82) is 0 Å². The first-order valence-electron chi connectivity index (χ1n) is 12.8. The van der Waals surface area contributed by atoms with Crippen molar-refractivity contribution in [1.82, 2.24) is 19.1 Å². The predicted octanol–water partition coefficient (Wildman–Crippen LogP) is 4.45. The molecule has 0 amide bonds. The highest BCUT2D eigenvalue weighted by atomic mass is 32.2. The fourth-order valence-electron chi connectivity index (χ4n) is 5.73. The number of hydrogen-bond donors (Lipinski definition) is 1. The summed E-state index contributed by atoms with van der Waals surface area (Å²) < 4.78 is 77.0. The Bertz CT molecular complexity index is 1750. The SMILES string of the molecule is COc1ccnc([C@@H](O)C23Cc4cnn(-c5ccc(F)cc5)c4C=C2CCN(S(=O)(=O)c2cc(F)cc(F)c2)C3)c1. The smallest absolute Gasteiger partial charge is 0.243 e. The quantitative estimate of drug-likeness (QED) is 0.361. The normalized spacial score (nSPS) is 19.7. The van der Waals surface area contributed by atoms with Crippen LogP contribution in [0.25, 0.3) is 11.8 Å². The van der Waals surface area contributed by atoms with Gasteiger partial charge in [-0.1, -0.05) is 5.57 Å². The van der Waals surface area contributed by atoms with Crippen molar-refractivity contribution < 1.29 is 31.4 Å². The van der Waals surface area contributed by atoms with E-state index < -0.39 is 38.1 Å². The summed E-state index contributed by atoms with van der Waals surface area (Å²) >= 11 is 0. The maximum absolute atomic E-state index is 14.0. The lowest BCUT2D eigenvalue weighted by Crippen LogP contribution is -2.52. The van der Waals surface area contributed by atoms with Crippen LogP contribution in [0.2, 0.25) is 0 Å². The largest absolute Gasteiger partial charge is 0.497 e. The van der Waals surface area contributed by atoms with Gasteiger partial charge in [0.2, 0.25) is 10.0 Å². The van der Waals surface area contributed by atoms with Crippen LogP contribution >= 0.6 is 0 Å². The molecule has 2 atom stereocenters. The molecule has 2 aromatic heterocycles. The Kier molecular flexibility index (Phi) is 6.71. The first kappa shape index (κ1) is 27.2. The summed E-state index contributed by atoms with van der Waals surface area (Å²) in [4.78, 5) is 3.85. The standard InChI is InChI=1S/C29H25F3N4O4S/c1-40-24-6-8-33-26(14-24)28(37)29-15-18-16-34-36(23-4-2-20(30)3-5-23)27(18)10-19(29)7-9-35(17-29)41(38,39)25-12-21(31)11-22(32)13-25/h2-6,8,10-14,16,28,37H,7,9,15,17H2,1H3/t28-,29?/m1/s1. The molecule has 0 spiro atoms. The minimum Gasteiger partial charge on any atom is -0.497 e. The van der Waals surface area contributed by atoms with Gasteiger partial charge >= 0.3 is 0 Å². The molecule has 1 aliphatic heterocycles. The third-order valence-corrected chi connectivity index (χ3v) is 9.59. The highest BCUT2D eigenvalue weighted by Crippen LogP contribution is 2.52. The number of aliphatic hydroxyl groups is 1. The number of aromatic nitrogens is 3. The van der Waals surface area contributed by atoms with Crippen molar-refractivity contribution in [3.8, 4) is 11.4 Å². The van der Waals surface area contributed by atoms with Crippen molar-refractivity contribution in [2.24, 2.45) is 5.41 Å². The van der Waals surface area contributed by atoms with E-state index >= 15 is 0 Å². The molecule has 1 fully saturated rings. The fraction of sp³-hybridized carbons (Fsp3) is 0.241. The summed E-state index contributed by atoms with van der Waals surface area (Å²) in [7, 11) is -2.84. The third-order valence-electron chi connectivity index (χ3n) is 7.77. The summed E-state index contributed by atoms with van der Waals surface area (Å²) in [6, 6.07) is 11.3. The molecule has 12 heteroatoms. The van der Waals surface area contributed by atoms with Crippen LogP contribution in [-0.4, -0.2) is 52.8 Å². The molecular formula is C29H25F3N4O4S. The molecule has 6 rings (SSSR count). The third kappa shape index (κ3) is 4.71. The Hall–Kier alpha value is -4.00. The molecule has 212 valence electrons. The van der Waals surface area contributed by atoms with Crippen LogP contribution in [0.3, 0.4) is 0 Å². The summed E-state index contributed by atoms with van der Waals surface area (Å²) in [5.74, 6) is -1.93. The average molecular weight is 583 g/mol. The van der Waals surface area contributed by atoms with Gasteiger partial charge in [-0.25, -0.2) is 26.3 Å². The monoisotopic (exact) mass is 582 g/mol. The number of hydrogen-bond acceptors (Lipinski definition) is 6. The zero-order chi connectivity index (χ0) is 28.9. The molecule has 1 unspecified atom stereocenters. The number of nitrogens with zero attached hydrogens (tertiary/aromatic N) is 4. The van der Waals surface area contributed by atoms with Gasteiger partial charge in [0.1, 0.15) is 29.3 Å². The van der Waals surface area contributed by atoms with E-state index in [9.17, 15) is 26.7 Å². The van der Waals surface area contributed by atoms with Crippen molar-refractivity contribution in [2.75, 3.05) is 20.2 Å². The first-order valence-corrected chi connectivity index (χ1v) is 14.2. The lowest BCUT2D eigenvalue weighted by molar-refractivity contribution is 0.0186. The Labute approximate surface area is 234 Å². The highest BCUT2D eigenvalue weighted by Gasteiger charge is 2.51. The molecule has 0 saturated carbocycles. The van der Waals surface area contributed by atoms with Gasteiger partial charge in [0.05, 0.1) is 35.3 Å². The zero-order valence-electron chi connectivity index (χ0n) is 21.8. The molecule has 8 nitrogen and oxygen atoms in total. The van der Waals surface area contributed by atoms with E-state index in [1.807, 2.05) is 6.08 Å². The second kappa shape index (κ2) is 10.1. The lowest BCUT2D eigenvalue weighted by Gasteiger charge is -2.48. The van der Waals surface area contributed by atoms with Gasteiger partial charge in [-0.2, -0.15) is 9.40 Å². The van der Waals surface area contributed by atoms with Gasteiger partial charge in [0.15, 0.2) is 0 Å². The molecule has 4 aromatic rings. The van der Waals surface area contributed by atoms with E-state index in [1.54, 1.807) is 35.1 Å². The zero-order valence-corrected chi connectivity index (χ0v) is 22.7. The summed E-state index contributed by atoms with van der Waals surface area (Å²) in [5.41, 5.74) is 1.97. The van der Waals surface area contributed by atoms with E-state index in [0.29, 0.717) is 17.5 Å². The van der Waals surface area contributed by atoms with Crippen molar-refractivity contribution in [2.45, 2.75) is 23.8 Å². The molecule has 3 heterocycles. The number of rotatable bonds is 6. The molecule has 0 bridgehead atoms. The van der Waals surface area contributed by atoms with Crippen LogP contribution in [0.5, 0.6) is 5.75 Å². The van der Waals surface area contributed by atoms with Gasteiger partial charge < -0.3 is 9.84 Å². The minimum atomic E-state index is -4.33. The van der Waals surface area contributed by atoms with E-state index in [1.165, 1.54) is 25.4 Å². The number of piperidine rings is 1. The maximum atomic E-state index is 14.0. The van der Waals surface area contributed by atoms with Crippen molar-refractivity contribution >= 4 is 16.1 Å². The first-order chi connectivity index (χ1) is 19.6. The summed E-state index contributed by atoms with van der Waals surface area (Å²) in [6.45, 7) is -0.160. The second-order valence-electron chi connectivity index (χ2n) is 10.2. The second-order valence-corrected chi connectivity index (χ2v) is 12.1. The molecule has 41 heavy (non-hydrogen) atoms. The lowest BCUT2D eigenvalue weighted by atomic mass is 9.64. The molecule has 1 saturated heterocycles.